The summed E-state index contributed by atoms with van der Waals surface area (Å²) in [7, 11) is 0. The normalized spacial score (nSPS) is 21.8. The molecule has 0 aromatic heterocycles. The third kappa shape index (κ3) is 5.24. The van der Waals surface area contributed by atoms with Crippen molar-refractivity contribution in [2.45, 2.75) is 50.6 Å². The van der Waals surface area contributed by atoms with Crippen molar-refractivity contribution >= 4 is 29.6 Å². The number of rotatable bonds is 10. The third-order valence-corrected chi connectivity index (χ3v) is 9.01. The first-order chi connectivity index (χ1) is 21.5. The quantitative estimate of drug-likeness (QED) is 0.207. The number of fused-ring (bicyclic) bond motifs is 3. The van der Waals surface area contributed by atoms with E-state index in [1.807, 2.05) is 42.5 Å². The molecule has 2 unspecified atom stereocenters. The van der Waals surface area contributed by atoms with E-state index in [-0.39, 0.29) is 24.4 Å². The van der Waals surface area contributed by atoms with Crippen LogP contribution >= 0.6 is 0 Å². The number of hydrogen-bond donors (Lipinski definition) is 1. The van der Waals surface area contributed by atoms with E-state index < -0.39 is 5.41 Å². The molecule has 5 nitrogen and oxygen atoms in total. The van der Waals surface area contributed by atoms with Crippen LogP contribution in [0.4, 0.5) is 5.69 Å². The average molecular weight is 580 g/mol. The topological polar surface area (TPSA) is 55.2 Å². The molecule has 0 radical (unpaired) electrons. The molecule has 2 heterocycles. The molecule has 5 heteroatoms. The SMILES string of the molecule is C=Cc1ccc(CC(Cc2ccc(C=C)cc2)(C2=NC(C)C(Nc3ccccc3)O2)C2=N[C@@H]3c4ccccc4C[C@@H]3O2)cc1. The van der Waals surface area contributed by atoms with Gasteiger partial charge in [0.2, 0.25) is 11.8 Å². The van der Waals surface area contributed by atoms with Crippen LogP contribution in [0.2, 0.25) is 0 Å². The summed E-state index contributed by atoms with van der Waals surface area (Å²) in [4.78, 5) is 10.6. The molecule has 4 aromatic carbocycles. The van der Waals surface area contributed by atoms with Gasteiger partial charge in [-0.05, 0) is 65.3 Å². The molecular weight excluding hydrogens is 542 g/mol. The van der Waals surface area contributed by atoms with Crippen LogP contribution < -0.4 is 5.32 Å². The standard InChI is InChI=1S/C39H37N3O2/c1-4-27-15-19-29(20-16-27)24-39(25-30-21-17-28(5-2)18-22-30,37-40-26(3)36(44-37)41-32-12-7-6-8-13-32)38-42-35-33-14-10-9-11-31(33)23-34(35)43-38/h4-22,26,34-36,41H,1-2,23-25H2,3H3/t26?,34-,35+,36?/m0/s1. The summed E-state index contributed by atoms with van der Waals surface area (Å²) in [6.07, 6.45) is 5.47. The van der Waals surface area contributed by atoms with Crippen LogP contribution in [0.25, 0.3) is 12.2 Å². The first-order valence-electron chi connectivity index (χ1n) is 15.4. The molecule has 0 saturated carbocycles. The largest absolute Gasteiger partial charge is 0.474 e. The van der Waals surface area contributed by atoms with Crippen molar-refractivity contribution in [2.24, 2.45) is 15.4 Å². The summed E-state index contributed by atoms with van der Waals surface area (Å²) in [5.74, 6) is 1.36. The Balaban J connectivity index is 1.33. The van der Waals surface area contributed by atoms with Gasteiger partial charge >= 0.3 is 0 Å². The Morgan fingerprint density at radius 1 is 0.750 bits per heavy atom. The molecule has 0 saturated heterocycles. The predicted molar refractivity (Wildman–Crippen MR) is 180 cm³/mol. The van der Waals surface area contributed by atoms with Gasteiger partial charge in [0.15, 0.2) is 6.23 Å². The minimum absolute atomic E-state index is 0.0364. The molecule has 2 aliphatic heterocycles. The van der Waals surface area contributed by atoms with Crippen molar-refractivity contribution in [3.05, 3.63) is 150 Å². The van der Waals surface area contributed by atoms with Crippen molar-refractivity contribution in [3.8, 4) is 0 Å². The molecule has 0 fully saturated rings. The van der Waals surface area contributed by atoms with Crippen LogP contribution in [0, 0.1) is 5.41 Å². The van der Waals surface area contributed by atoms with Gasteiger partial charge in [0.05, 0.1) is 0 Å². The van der Waals surface area contributed by atoms with Gasteiger partial charge in [-0.1, -0.05) is 116 Å². The molecule has 0 amide bonds. The van der Waals surface area contributed by atoms with Crippen LogP contribution in [0.1, 0.15) is 46.3 Å². The smallest absolute Gasteiger partial charge is 0.202 e. The zero-order chi connectivity index (χ0) is 30.1. The summed E-state index contributed by atoms with van der Waals surface area (Å²) >= 11 is 0. The van der Waals surface area contributed by atoms with E-state index in [1.165, 1.54) is 11.1 Å². The highest BCUT2D eigenvalue weighted by Gasteiger charge is 2.53. The molecule has 220 valence electrons. The summed E-state index contributed by atoms with van der Waals surface area (Å²) < 4.78 is 13.7. The van der Waals surface area contributed by atoms with Crippen molar-refractivity contribution in [3.63, 3.8) is 0 Å². The second kappa shape index (κ2) is 11.6. The molecule has 4 aromatic rings. The van der Waals surface area contributed by atoms with E-state index in [0.717, 1.165) is 34.4 Å². The fraction of sp³-hybridized carbons (Fsp3) is 0.231. The number of anilines is 1. The minimum atomic E-state index is -0.758. The van der Waals surface area contributed by atoms with Gasteiger partial charge < -0.3 is 14.8 Å². The molecule has 0 spiro atoms. The number of nitrogens with zero attached hydrogens (tertiary/aromatic N) is 2. The first kappa shape index (κ1) is 27.9. The molecule has 0 bridgehead atoms. The van der Waals surface area contributed by atoms with Crippen LogP contribution in [0.5, 0.6) is 0 Å². The second-order valence-electron chi connectivity index (χ2n) is 12.0. The van der Waals surface area contributed by atoms with Gasteiger partial charge in [-0.15, -0.1) is 0 Å². The lowest BCUT2D eigenvalue weighted by Gasteiger charge is -2.34. The van der Waals surface area contributed by atoms with E-state index in [0.29, 0.717) is 24.6 Å². The number of benzene rings is 4. The van der Waals surface area contributed by atoms with E-state index >= 15 is 0 Å². The number of para-hydroxylation sites is 1. The van der Waals surface area contributed by atoms with Crippen molar-refractivity contribution in [1.82, 2.24) is 0 Å². The lowest BCUT2D eigenvalue weighted by atomic mass is 9.75. The van der Waals surface area contributed by atoms with Crippen molar-refractivity contribution < 1.29 is 9.47 Å². The van der Waals surface area contributed by atoms with Crippen LogP contribution in [0.3, 0.4) is 0 Å². The lowest BCUT2D eigenvalue weighted by molar-refractivity contribution is 0.169. The molecule has 1 N–H and O–H groups in total. The van der Waals surface area contributed by atoms with Gasteiger partial charge in [-0.3, -0.25) is 0 Å². The summed E-state index contributed by atoms with van der Waals surface area (Å²) in [6, 6.07) is 35.6. The van der Waals surface area contributed by atoms with Crippen molar-refractivity contribution in [2.75, 3.05) is 5.32 Å². The number of aliphatic imine (C=N–C) groups is 2. The molecule has 1 aliphatic carbocycles. The van der Waals surface area contributed by atoms with Crippen LogP contribution in [-0.2, 0) is 28.7 Å². The Labute approximate surface area is 259 Å². The zero-order valence-electron chi connectivity index (χ0n) is 25.0. The van der Waals surface area contributed by atoms with E-state index in [1.54, 1.807) is 0 Å². The number of ether oxygens (including phenoxy) is 2. The Morgan fingerprint density at radius 3 is 1.98 bits per heavy atom. The highest BCUT2D eigenvalue weighted by atomic mass is 16.5. The minimum Gasteiger partial charge on any atom is -0.474 e. The van der Waals surface area contributed by atoms with Gasteiger partial charge in [0, 0.05) is 12.1 Å². The maximum absolute atomic E-state index is 6.91. The monoisotopic (exact) mass is 579 g/mol. The molecular formula is C39H37N3O2. The Bertz CT molecular complexity index is 1670. The molecule has 44 heavy (non-hydrogen) atoms. The Kier molecular flexibility index (Phi) is 7.39. The fourth-order valence-electron chi connectivity index (χ4n) is 6.62. The Morgan fingerprint density at radius 2 is 1.34 bits per heavy atom. The van der Waals surface area contributed by atoms with E-state index in [4.69, 9.17) is 19.5 Å². The molecule has 7 rings (SSSR count). The number of nitrogens with one attached hydrogen (secondary N) is 1. The predicted octanol–water partition coefficient (Wildman–Crippen LogP) is 8.09. The average Bonchev–Trinajstić information content (AvgIpc) is 3.75. The van der Waals surface area contributed by atoms with E-state index in [2.05, 4.69) is 98.2 Å². The van der Waals surface area contributed by atoms with Gasteiger partial charge in [0.25, 0.3) is 0 Å². The maximum atomic E-state index is 6.91. The molecule has 3 aliphatic rings. The summed E-state index contributed by atoms with van der Waals surface area (Å²) in [6.45, 7) is 9.98. The second-order valence-corrected chi connectivity index (χ2v) is 12.0. The fourth-order valence-corrected chi connectivity index (χ4v) is 6.62. The highest BCUT2D eigenvalue weighted by molar-refractivity contribution is 6.07. The van der Waals surface area contributed by atoms with E-state index in [9.17, 15) is 0 Å². The van der Waals surface area contributed by atoms with Gasteiger partial charge in [0.1, 0.15) is 23.6 Å². The van der Waals surface area contributed by atoms with Crippen LogP contribution in [0.15, 0.2) is 126 Å². The first-order valence-corrected chi connectivity index (χ1v) is 15.4. The number of hydrogen-bond acceptors (Lipinski definition) is 5. The highest BCUT2D eigenvalue weighted by Crippen LogP contribution is 2.46. The lowest BCUT2D eigenvalue weighted by Crippen LogP contribution is -2.45. The maximum Gasteiger partial charge on any atom is 0.202 e. The zero-order valence-corrected chi connectivity index (χ0v) is 25.0. The Hall–Kier alpha value is -4.90. The summed E-state index contributed by atoms with van der Waals surface area (Å²) in [5.41, 5.74) is 7.26. The van der Waals surface area contributed by atoms with Crippen molar-refractivity contribution in [1.29, 1.82) is 0 Å². The van der Waals surface area contributed by atoms with Gasteiger partial charge in [-0.2, -0.15) is 0 Å². The van der Waals surface area contributed by atoms with Gasteiger partial charge in [-0.25, -0.2) is 9.98 Å². The molecule has 4 atom stereocenters. The van der Waals surface area contributed by atoms with Crippen LogP contribution in [-0.4, -0.2) is 30.2 Å². The third-order valence-electron chi connectivity index (χ3n) is 9.01. The summed E-state index contributed by atoms with van der Waals surface area (Å²) in [5, 5.41) is 3.55.